The van der Waals surface area contributed by atoms with Gasteiger partial charge in [-0.15, -0.1) is 0 Å². The second kappa shape index (κ2) is 5.82. The minimum Gasteiger partial charge on any atom is -0.351 e. The van der Waals surface area contributed by atoms with Crippen LogP contribution >= 0.6 is 0 Å². The number of hydrogen-bond acceptors (Lipinski definition) is 2. The van der Waals surface area contributed by atoms with Crippen molar-refractivity contribution in [3.63, 3.8) is 0 Å². The first-order valence-corrected chi connectivity index (χ1v) is 5.92. The van der Waals surface area contributed by atoms with E-state index in [9.17, 15) is 4.79 Å². The van der Waals surface area contributed by atoms with Crippen LogP contribution in [-0.4, -0.2) is 38.0 Å². The quantitative estimate of drug-likeness (QED) is 0.863. The summed E-state index contributed by atoms with van der Waals surface area (Å²) in [5.41, 5.74) is 4.21. The van der Waals surface area contributed by atoms with Gasteiger partial charge in [-0.2, -0.15) is 0 Å². The van der Waals surface area contributed by atoms with Crippen LogP contribution in [0.25, 0.3) is 0 Å². The van der Waals surface area contributed by atoms with Crippen LogP contribution in [0.1, 0.15) is 27.0 Å². The molecule has 0 aliphatic heterocycles. The molecule has 3 heteroatoms. The van der Waals surface area contributed by atoms with Crippen LogP contribution in [0.15, 0.2) is 12.1 Å². The Labute approximate surface area is 104 Å². The second-order valence-corrected chi connectivity index (χ2v) is 4.81. The molecular formula is C14H22N2O. The second-order valence-electron chi connectivity index (χ2n) is 4.81. The monoisotopic (exact) mass is 234 g/mol. The van der Waals surface area contributed by atoms with E-state index >= 15 is 0 Å². The average molecular weight is 234 g/mol. The Morgan fingerprint density at radius 1 is 1.12 bits per heavy atom. The topological polar surface area (TPSA) is 32.3 Å². The summed E-state index contributed by atoms with van der Waals surface area (Å²) >= 11 is 0. The van der Waals surface area contributed by atoms with Crippen LogP contribution in [0.5, 0.6) is 0 Å². The van der Waals surface area contributed by atoms with Crippen molar-refractivity contribution in [2.75, 3.05) is 27.2 Å². The van der Waals surface area contributed by atoms with E-state index in [2.05, 4.69) is 18.3 Å². The molecule has 0 saturated heterocycles. The normalized spacial score (nSPS) is 10.7. The van der Waals surface area contributed by atoms with E-state index in [1.807, 2.05) is 38.9 Å². The zero-order valence-corrected chi connectivity index (χ0v) is 11.4. The molecule has 0 aromatic heterocycles. The van der Waals surface area contributed by atoms with E-state index in [0.717, 1.165) is 23.2 Å². The molecule has 1 rings (SSSR count). The molecule has 0 bridgehead atoms. The molecule has 0 saturated carbocycles. The third kappa shape index (κ3) is 3.86. The molecule has 0 spiro atoms. The average Bonchev–Trinajstić information content (AvgIpc) is 2.22. The van der Waals surface area contributed by atoms with E-state index in [1.165, 1.54) is 5.56 Å². The maximum absolute atomic E-state index is 12.0. The maximum Gasteiger partial charge on any atom is 0.251 e. The highest BCUT2D eigenvalue weighted by Gasteiger charge is 2.09. The Balaban J connectivity index is 2.72. The third-order valence-electron chi connectivity index (χ3n) is 2.93. The SMILES string of the molecule is Cc1cc(C)c(C(=O)NCCN(C)C)cc1C. The fourth-order valence-corrected chi connectivity index (χ4v) is 1.69. The van der Waals surface area contributed by atoms with Gasteiger partial charge in [0.1, 0.15) is 0 Å². The van der Waals surface area contributed by atoms with Gasteiger partial charge in [-0.1, -0.05) is 6.07 Å². The van der Waals surface area contributed by atoms with Crippen LogP contribution in [0.4, 0.5) is 0 Å². The summed E-state index contributed by atoms with van der Waals surface area (Å²) in [6.45, 7) is 7.61. The molecular weight excluding hydrogens is 212 g/mol. The number of carbonyl (C=O) groups excluding carboxylic acids is 1. The number of aryl methyl sites for hydroxylation is 3. The summed E-state index contributed by atoms with van der Waals surface area (Å²) in [4.78, 5) is 14.0. The highest BCUT2D eigenvalue weighted by atomic mass is 16.1. The lowest BCUT2D eigenvalue weighted by atomic mass is 10.0. The van der Waals surface area contributed by atoms with Crippen molar-refractivity contribution in [1.29, 1.82) is 0 Å². The lowest BCUT2D eigenvalue weighted by molar-refractivity contribution is 0.0950. The van der Waals surface area contributed by atoms with E-state index in [-0.39, 0.29) is 5.91 Å². The number of likely N-dealkylation sites (N-methyl/N-ethyl adjacent to an activating group) is 1. The summed E-state index contributed by atoms with van der Waals surface area (Å²) in [7, 11) is 3.99. The molecule has 3 nitrogen and oxygen atoms in total. The minimum atomic E-state index is 0.0208. The molecule has 0 atom stereocenters. The van der Waals surface area contributed by atoms with Crippen molar-refractivity contribution < 1.29 is 4.79 Å². The van der Waals surface area contributed by atoms with Crippen LogP contribution in [-0.2, 0) is 0 Å². The molecule has 0 aliphatic carbocycles. The van der Waals surface area contributed by atoms with Gasteiger partial charge in [-0.05, 0) is 57.6 Å². The zero-order valence-electron chi connectivity index (χ0n) is 11.4. The summed E-state index contributed by atoms with van der Waals surface area (Å²) in [5.74, 6) is 0.0208. The van der Waals surface area contributed by atoms with Crippen molar-refractivity contribution in [2.45, 2.75) is 20.8 Å². The fourth-order valence-electron chi connectivity index (χ4n) is 1.69. The van der Waals surface area contributed by atoms with Gasteiger partial charge in [0.15, 0.2) is 0 Å². The Morgan fingerprint density at radius 3 is 2.29 bits per heavy atom. The van der Waals surface area contributed by atoms with E-state index < -0.39 is 0 Å². The Morgan fingerprint density at radius 2 is 1.71 bits per heavy atom. The van der Waals surface area contributed by atoms with E-state index in [1.54, 1.807) is 0 Å². The third-order valence-corrected chi connectivity index (χ3v) is 2.93. The molecule has 1 aromatic carbocycles. The lowest BCUT2D eigenvalue weighted by Gasteiger charge is -2.12. The predicted octanol–water partition coefficient (Wildman–Crippen LogP) is 1.90. The predicted molar refractivity (Wildman–Crippen MR) is 71.5 cm³/mol. The zero-order chi connectivity index (χ0) is 13.0. The first-order valence-electron chi connectivity index (χ1n) is 5.92. The summed E-state index contributed by atoms with van der Waals surface area (Å²) < 4.78 is 0. The summed E-state index contributed by atoms with van der Waals surface area (Å²) in [6.07, 6.45) is 0. The number of benzene rings is 1. The lowest BCUT2D eigenvalue weighted by Crippen LogP contribution is -2.31. The maximum atomic E-state index is 12.0. The van der Waals surface area contributed by atoms with Crippen LogP contribution in [0, 0.1) is 20.8 Å². The summed E-state index contributed by atoms with van der Waals surface area (Å²) in [5, 5.41) is 2.94. The van der Waals surface area contributed by atoms with Crippen molar-refractivity contribution in [1.82, 2.24) is 10.2 Å². The molecule has 1 aromatic rings. The van der Waals surface area contributed by atoms with Crippen molar-refractivity contribution in [3.8, 4) is 0 Å². The minimum absolute atomic E-state index is 0.0208. The Kier molecular flexibility index (Phi) is 4.70. The van der Waals surface area contributed by atoms with E-state index in [4.69, 9.17) is 0 Å². The van der Waals surface area contributed by atoms with E-state index in [0.29, 0.717) is 6.54 Å². The van der Waals surface area contributed by atoms with Crippen LogP contribution < -0.4 is 5.32 Å². The van der Waals surface area contributed by atoms with Crippen molar-refractivity contribution in [2.24, 2.45) is 0 Å². The van der Waals surface area contributed by atoms with Gasteiger partial charge < -0.3 is 10.2 Å². The number of amides is 1. The molecule has 17 heavy (non-hydrogen) atoms. The number of carbonyl (C=O) groups is 1. The first kappa shape index (κ1) is 13.7. The number of hydrogen-bond donors (Lipinski definition) is 1. The van der Waals surface area contributed by atoms with Gasteiger partial charge in [0.25, 0.3) is 5.91 Å². The van der Waals surface area contributed by atoms with Crippen molar-refractivity contribution >= 4 is 5.91 Å². The van der Waals surface area contributed by atoms with Gasteiger partial charge in [-0.3, -0.25) is 4.79 Å². The molecule has 1 N–H and O–H groups in total. The number of nitrogens with one attached hydrogen (secondary N) is 1. The van der Waals surface area contributed by atoms with Gasteiger partial charge in [-0.25, -0.2) is 0 Å². The molecule has 0 unspecified atom stereocenters. The summed E-state index contributed by atoms with van der Waals surface area (Å²) in [6, 6.07) is 4.03. The Hall–Kier alpha value is -1.35. The van der Waals surface area contributed by atoms with Gasteiger partial charge in [0.05, 0.1) is 0 Å². The highest BCUT2D eigenvalue weighted by Crippen LogP contribution is 2.15. The first-order chi connectivity index (χ1) is 7.91. The van der Waals surface area contributed by atoms with Gasteiger partial charge in [0, 0.05) is 18.7 Å². The fraction of sp³-hybridized carbons (Fsp3) is 0.500. The number of nitrogens with zero attached hydrogens (tertiary/aromatic N) is 1. The molecule has 0 fully saturated rings. The molecule has 1 amide bonds. The molecule has 0 aliphatic rings. The highest BCUT2D eigenvalue weighted by molar-refractivity contribution is 5.95. The smallest absolute Gasteiger partial charge is 0.251 e. The van der Waals surface area contributed by atoms with Crippen LogP contribution in [0.3, 0.4) is 0 Å². The van der Waals surface area contributed by atoms with Gasteiger partial charge >= 0.3 is 0 Å². The molecule has 94 valence electrons. The standard InChI is InChI=1S/C14H22N2O/c1-10-8-12(3)13(9-11(10)2)14(17)15-6-7-16(4)5/h8-9H,6-7H2,1-5H3,(H,15,17). The van der Waals surface area contributed by atoms with Crippen molar-refractivity contribution in [3.05, 3.63) is 34.4 Å². The molecule has 0 heterocycles. The van der Waals surface area contributed by atoms with Crippen LogP contribution in [0.2, 0.25) is 0 Å². The Bertz CT molecular complexity index is 411. The molecule has 0 radical (unpaired) electrons. The largest absolute Gasteiger partial charge is 0.351 e. The number of rotatable bonds is 4. The van der Waals surface area contributed by atoms with Gasteiger partial charge in [0.2, 0.25) is 0 Å².